The molecule has 140 valence electrons. The average molecular weight is 354 g/mol. The van der Waals surface area contributed by atoms with E-state index in [1.807, 2.05) is 45.0 Å². The Morgan fingerprint density at radius 2 is 1.73 bits per heavy atom. The molecule has 2 aromatic carbocycles. The molecular formula is C22H30N2O2. The normalized spacial score (nSPS) is 11.8. The van der Waals surface area contributed by atoms with Gasteiger partial charge in [-0.25, -0.2) is 4.79 Å². The van der Waals surface area contributed by atoms with Crippen molar-refractivity contribution in [2.75, 3.05) is 26.1 Å². The third-order valence-corrected chi connectivity index (χ3v) is 4.99. The second-order valence-electron chi connectivity index (χ2n) is 6.98. The molecule has 2 rings (SSSR count). The SMILES string of the molecule is COc1ccc(CCC(C)N(C)C(=O)N(C)c2cc(C)ccc2C)cc1. The Kier molecular flexibility index (Phi) is 6.67. The Hall–Kier alpha value is -2.49. The van der Waals surface area contributed by atoms with Crippen molar-refractivity contribution in [2.24, 2.45) is 0 Å². The third kappa shape index (κ3) is 4.78. The fourth-order valence-electron chi connectivity index (χ4n) is 2.97. The van der Waals surface area contributed by atoms with Gasteiger partial charge < -0.3 is 9.64 Å². The fraction of sp³-hybridized carbons (Fsp3) is 0.409. The van der Waals surface area contributed by atoms with Gasteiger partial charge in [0, 0.05) is 25.8 Å². The maximum Gasteiger partial charge on any atom is 0.324 e. The van der Waals surface area contributed by atoms with Crippen LogP contribution >= 0.6 is 0 Å². The van der Waals surface area contributed by atoms with Gasteiger partial charge in [-0.2, -0.15) is 0 Å². The first-order chi connectivity index (χ1) is 12.3. The first-order valence-corrected chi connectivity index (χ1v) is 9.04. The van der Waals surface area contributed by atoms with E-state index in [9.17, 15) is 4.79 Å². The molecule has 0 N–H and O–H groups in total. The van der Waals surface area contributed by atoms with Crippen LogP contribution in [0.1, 0.15) is 30.0 Å². The van der Waals surface area contributed by atoms with Crippen LogP contribution in [-0.2, 0) is 6.42 Å². The molecule has 1 atom stereocenters. The minimum absolute atomic E-state index is 0.0148. The van der Waals surface area contributed by atoms with Gasteiger partial charge in [0.2, 0.25) is 0 Å². The molecule has 26 heavy (non-hydrogen) atoms. The van der Waals surface area contributed by atoms with Gasteiger partial charge in [-0.3, -0.25) is 4.90 Å². The maximum absolute atomic E-state index is 12.9. The zero-order valence-electron chi connectivity index (χ0n) is 16.7. The summed E-state index contributed by atoms with van der Waals surface area (Å²) in [5.74, 6) is 0.865. The lowest BCUT2D eigenvalue weighted by molar-refractivity contribution is 0.199. The second kappa shape index (κ2) is 8.75. The Labute approximate surface area is 157 Å². The molecule has 0 aliphatic rings. The molecule has 0 aliphatic carbocycles. The molecule has 2 amide bonds. The number of ether oxygens (including phenoxy) is 1. The van der Waals surface area contributed by atoms with E-state index in [-0.39, 0.29) is 12.1 Å². The monoisotopic (exact) mass is 354 g/mol. The van der Waals surface area contributed by atoms with Crippen molar-refractivity contribution in [1.82, 2.24) is 4.90 Å². The Morgan fingerprint density at radius 1 is 1.08 bits per heavy atom. The summed E-state index contributed by atoms with van der Waals surface area (Å²) in [5.41, 5.74) is 4.47. The van der Waals surface area contributed by atoms with Crippen LogP contribution in [0.2, 0.25) is 0 Å². The van der Waals surface area contributed by atoms with Gasteiger partial charge in [-0.1, -0.05) is 24.3 Å². The zero-order chi connectivity index (χ0) is 19.3. The van der Waals surface area contributed by atoms with Crippen LogP contribution in [0.15, 0.2) is 42.5 Å². The van der Waals surface area contributed by atoms with Gasteiger partial charge >= 0.3 is 6.03 Å². The smallest absolute Gasteiger partial charge is 0.324 e. The number of hydrogen-bond acceptors (Lipinski definition) is 2. The minimum atomic E-state index is 0.0148. The summed E-state index contributed by atoms with van der Waals surface area (Å²) < 4.78 is 5.19. The first kappa shape index (κ1) is 19.8. The number of carbonyl (C=O) groups excluding carboxylic acids is 1. The number of rotatable bonds is 6. The van der Waals surface area contributed by atoms with Crippen LogP contribution in [0.3, 0.4) is 0 Å². The van der Waals surface area contributed by atoms with Crippen molar-refractivity contribution in [1.29, 1.82) is 0 Å². The molecule has 0 saturated heterocycles. The standard InChI is InChI=1S/C22H30N2O2/c1-16-7-8-17(2)21(15-16)24(5)22(25)23(4)18(3)9-10-19-11-13-20(26-6)14-12-19/h7-8,11-15,18H,9-10H2,1-6H3. The number of nitrogens with zero attached hydrogens (tertiary/aromatic N) is 2. The third-order valence-electron chi connectivity index (χ3n) is 4.99. The highest BCUT2D eigenvalue weighted by molar-refractivity contribution is 5.92. The van der Waals surface area contributed by atoms with Crippen molar-refractivity contribution in [3.8, 4) is 5.75 Å². The second-order valence-corrected chi connectivity index (χ2v) is 6.98. The van der Waals surface area contributed by atoms with E-state index in [4.69, 9.17) is 4.74 Å². The van der Waals surface area contributed by atoms with Crippen molar-refractivity contribution >= 4 is 11.7 Å². The summed E-state index contributed by atoms with van der Waals surface area (Å²) in [5, 5.41) is 0. The van der Waals surface area contributed by atoms with Gasteiger partial charge in [0.15, 0.2) is 0 Å². The summed E-state index contributed by atoms with van der Waals surface area (Å²) in [7, 11) is 5.39. The first-order valence-electron chi connectivity index (χ1n) is 9.04. The molecule has 0 radical (unpaired) electrons. The number of methoxy groups -OCH3 is 1. The molecule has 0 heterocycles. The molecule has 0 bridgehead atoms. The summed E-state index contributed by atoms with van der Waals surface area (Å²) in [6.45, 7) is 6.17. The van der Waals surface area contributed by atoms with Crippen LogP contribution in [0, 0.1) is 13.8 Å². The molecular weight excluding hydrogens is 324 g/mol. The van der Waals surface area contributed by atoms with Crippen molar-refractivity contribution in [3.05, 3.63) is 59.2 Å². The minimum Gasteiger partial charge on any atom is -0.497 e. The lowest BCUT2D eigenvalue weighted by Gasteiger charge is -2.30. The topological polar surface area (TPSA) is 32.8 Å². The predicted molar refractivity (Wildman–Crippen MR) is 108 cm³/mol. The van der Waals surface area contributed by atoms with E-state index in [0.717, 1.165) is 35.4 Å². The van der Waals surface area contributed by atoms with Gasteiger partial charge in [0.1, 0.15) is 5.75 Å². The molecule has 1 unspecified atom stereocenters. The van der Waals surface area contributed by atoms with E-state index in [1.165, 1.54) is 5.56 Å². The average Bonchev–Trinajstić information content (AvgIpc) is 2.66. The highest BCUT2D eigenvalue weighted by Crippen LogP contribution is 2.22. The van der Waals surface area contributed by atoms with E-state index in [0.29, 0.717) is 0 Å². The quantitative estimate of drug-likeness (QED) is 0.745. The fourth-order valence-corrected chi connectivity index (χ4v) is 2.97. The maximum atomic E-state index is 12.9. The van der Waals surface area contributed by atoms with Crippen LogP contribution in [0.4, 0.5) is 10.5 Å². The number of anilines is 1. The largest absolute Gasteiger partial charge is 0.497 e. The van der Waals surface area contributed by atoms with Gasteiger partial charge in [-0.15, -0.1) is 0 Å². The van der Waals surface area contributed by atoms with Gasteiger partial charge in [0.05, 0.1) is 7.11 Å². The van der Waals surface area contributed by atoms with Gasteiger partial charge in [0.25, 0.3) is 0 Å². The summed E-state index contributed by atoms with van der Waals surface area (Å²) in [6, 6.07) is 14.5. The molecule has 0 fully saturated rings. The highest BCUT2D eigenvalue weighted by Gasteiger charge is 2.21. The van der Waals surface area contributed by atoms with Crippen LogP contribution in [-0.4, -0.2) is 38.2 Å². The Balaban J connectivity index is 1.98. The van der Waals surface area contributed by atoms with E-state index in [2.05, 4.69) is 37.3 Å². The highest BCUT2D eigenvalue weighted by atomic mass is 16.5. The molecule has 0 saturated carbocycles. The Morgan fingerprint density at radius 3 is 2.35 bits per heavy atom. The number of urea groups is 1. The van der Waals surface area contributed by atoms with Crippen LogP contribution < -0.4 is 9.64 Å². The molecule has 4 heteroatoms. The molecule has 0 aromatic heterocycles. The van der Waals surface area contributed by atoms with Crippen LogP contribution in [0.25, 0.3) is 0 Å². The summed E-state index contributed by atoms with van der Waals surface area (Å²) in [6.07, 6.45) is 1.84. The van der Waals surface area contributed by atoms with Crippen molar-refractivity contribution in [2.45, 2.75) is 39.7 Å². The molecule has 0 aliphatic heterocycles. The molecule has 4 nitrogen and oxygen atoms in total. The Bertz CT molecular complexity index is 740. The predicted octanol–water partition coefficient (Wildman–Crippen LogP) is 4.82. The van der Waals surface area contributed by atoms with E-state index in [1.54, 1.807) is 12.0 Å². The molecule has 0 spiro atoms. The van der Waals surface area contributed by atoms with Crippen molar-refractivity contribution < 1.29 is 9.53 Å². The van der Waals surface area contributed by atoms with Crippen molar-refractivity contribution in [3.63, 3.8) is 0 Å². The number of benzene rings is 2. The van der Waals surface area contributed by atoms with Gasteiger partial charge in [-0.05, 0) is 68.5 Å². The number of hydrogen-bond donors (Lipinski definition) is 0. The van der Waals surface area contributed by atoms with E-state index < -0.39 is 0 Å². The zero-order valence-corrected chi connectivity index (χ0v) is 16.7. The summed E-state index contributed by atoms with van der Waals surface area (Å²) >= 11 is 0. The lowest BCUT2D eigenvalue weighted by atomic mass is 10.1. The van der Waals surface area contributed by atoms with Crippen LogP contribution in [0.5, 0.6) is 5.75 Å². The lowest BCUT2D eigenvalue weighted by Crippen LogP contribution is -2.43. The molecule has 2 aromatic rings. The van der Waals surface area contributed by atoms with E-state index >= 15 is 0 Å². The summed E-state index contributed by atoms with van der Waals surface area (Å²) in [4.78, 5) is 16.4. The number of aryl methyl sites for hydroxylation is 3. The number of amides is 2. The number of carbonyl (C=O) groups is 1.